The first-order chi connectivity index (χ1) is 14.7. The monoisotopic (exact) mass is 394 g/mol. The van der Waals surface area contributed by atoms with Gasteiger partial charge in [0.05, 0.1) is 18.2 Å². The molecule has 1 aromatic heterocycles. The minimum Gasteiger partial charge on any atom is -0.497 e. The van der Waals surface area contributed by atoms with Crippen molar-refractivity contribution < 1.29 is 9.53 Å². The van der Waals surface area contributed by atoms with Crippen molar-refractivity contribution >= 4 is 16.8 Å². The number of rotatable bonds is 5. The number of fused-ring (bicyclic) bond motifs is 2. The molecule has 0 aliphatic carbocycles. The number of para-hydroxylation sites is 1. The highest BCUT2D eigenvalue weighted by Gasteiger charge is 2.29. The molecule has 0 atom stereocenters. The highest BCUT2D eigenvalue weighted by atomic mass is 16.5. The number of hydrogen-bond acceptors (Lipinski definition) is 3. The Balaban J connectivity index is 1.37. The molecule has 2 heterocycles. The van der Waals surface area contributed by atoms with Gasteiger partial charge in [-0.15, -0.1) is 0 Å². The maximum atomic E-state index is 13.2. The summed E-state index contributed by atoms with van der Waals surface area (Å²) < 4.78 is 5.26. The van der Waals surface area contributed by atoms with E-state index in [0.29, 0.717) is 13.1 Å². The number of hydrogen-bond donors (Lipinski definition) is 0. The average molecular weight is 394 g/mol. The zero-order chi connectivity index (χ0) is 20.5. The molecule has 0 fully saturated rings. The van der Waals surface area contributed by atoms with Gasteiger partial charge in [0.15, 0.2) is 0 Å². The first-order valence-corrected chi connectivity index (χ1v) is 10.1. The number of carbonyl (C=O) groups excluding carboxylic acids is 1. The Labute approximate surface area is 175 Å². The van der Waals surface area contributed by atoms with Crippen LogP contribution in [0.25, 0.3) is 22.0 Å². The van der Waals surface area contributed by atoms with Crippen LogP contribution >= 0.6 is 0 Å². The van der Waals surface area contributed by atoms with Gasteiger partial charge in [-0.2, -0.15) is 0 Å². The third-order valence-electron chi connectivity index (χ3n) is 5.71. The molecular weight excluding hydrogens is 372 g/mol. The normalized spacial score (nSPS) is 13.0. The second-order valence-corrected chi connectivity index (χ2v) is 7.54. The Bertz CT molecular complexity index is 1230. The smallest absolute Gasteiger partial charge is 0.255 e. The van der Waals surface area contributed by atoms with Crippen LogP contribution in [0.5, 0.6) is 5.75 Å². The number of aromatic nitrogens is 1. The van der Waals surface area contributed by atoms with Crippen molar-refractivity contribution in [2.24, 2.45) is 0 Å². The van der Waals surface area contributed by atoms with Crippen LogP contribution in [0.15, 0.2) is 78.9 Å². The molecule has 3 aromatic carbocycles. The van der Waals surface area contributed by atoms with Gasteiger partial charge in [0.2, 0.25) is 0 Å². The van der Waals surface area contributed by atoms with Gasteiger partial charge in [-0.25, -0.2) is 0 Å². The Hall–Kier alpha value is -3.66. The minimum atomic E-state index is 0.0946. The highest BCUT2D eigenvalue weighted by Crippen LogP contribution is 2.33. The minimum absolute atomic E-state index is 0.0946. The maximum absolute atomic E-state index is 13.2. The van der Waals surface area contributed by atoms with Crippen LogP contribution < -0.4 is 4.74 Å². The van der Waals surface area contributed by atoms with Crippen LogP contribution in [0, 0.1) is 0 Å². The van der Waals surface area contributed by atoms with Gasteiger partial charge >= 0.3 is 0 Å². The number of pyridine rings is 1. The quantitative estimate of drug-likeness (QED) is 0.472. The second kappa shape index (κ2) is 7.64. The molecule has 30 heavy (non-hydrogen) atoms. The van der Waals surface area contributed by atoms with E-state index in [-0.39, 0.29) is 5.91 Å². The van der Waals surface area contributed by atoms with Crippen molar-refractivity contribution in [1.82, 2.24) is 9.88 Å². The lowest BCUT2D eigenvalue weighted by atomic mass is 9.97. The fourth-order valence-corrected chi connectivity index (χ4v) is 4.11. The number of ether oxygens (including phenoxy) is 1. The molecule has 0 bridgehead atoms. The van der Waals surface area contributed by atoms with Crippen LogP contribution in [0.1, 0.15) is 21.6 Å². The lowest BCUT2D eigenvalue weighted by molar-refractivity contribution is 0.0780. The van der Waals surface area contributed by atoms with E-state index < -0.39 is 0 Å². The Morgan fingerprint density at radius 1 is 0.933 bits per heavy atom. The zero-order valence-corrected chi connectivity index (χ0v) is 16.8. The van der Waals surface area contributed by atoms with Gasteiger partial charge in [0, 0.05) is 30.6 Å². The van der Waals surface area contributed by atoms with Crippen LogP contribution in [0.2, 0.25) is 0 Å². The number of carbonyl (C=O) groups is 1. The summed E-state index contributed by atoms with van der Waals surface area (Å²) in [5, 5.41) is 1.13. The predicted molar refractivity (Wildman–Crippen MR) is 119 cm³/mol. The molecule has 1 aliphatic heterocycles. The van der Waals surface area contributed by atoms with Crippen molar-refractivity contribution in [2.45, 2.75) is 13.0 Å². The van der Waals surface area contributed by atoms with Crippen LogP contribution in [0.4, 0.5) is 0 Å². The highest BCUT2D eigenvalue weighted by molar-refractivity contribution is 6.04. The summed E-state index contributed by atoms with van der Waals surface area (Å²) in [6, 6.07) is 26.2. The van der Waals surface area contributed by atoms with Crippen LogP contribution in [0.3, 0.4) is 0 Å². The summed E-state index contributed by atoms with van der Waals surface area (Å²) in [7, 11) is 1.65. The van der Waals surface area contributed by atoms with E-state index in [1.807, 2.05) is 59.5 Å². The summed E-state index contributed by atoms with van der Waals surface area (Å²) in [5.74, 6) is 0.902. The van der Waals surface area contributed by atoms with Gasteiger partial charge in [-0.3, -0.25) is 9.78 Å². The van der Waals surface area contributed by atoms with Gasteiger partial charge in [-0.1, -0.05) is 54.6 Å². The van der Waals surface area contributed by atoms with E-state index in [1.165, 1.54) is 0 Å². The first-order valence-electron chi connectivity index (χ1n) is 10.1. The lowest BCUT2D eigenvalue weighted by Crippen LogP contribution is -2.26. The third kappa shape index (κ3) is 3.30. The van der Waals surface area contributed by atoms with E-state index in [2.05, 4.69) is 24.3 Å². The Kier molecular flexibility index (Phi) is 4.68. The van der Waals surface area contributed by atoms with Crippen molar-refractivity contribution in [3.05, 3.63) is 95.7 Å². The maximum Gasteiger partial charge on any atom is 0.255 e. The SMILES string of the molecule is COc1ccc(-c2cccc3c2C(=O)N(CCc2ccc4ccccc4n2)C3)cc1. The van der Waals surface area contributed by atoms with Gasteiger partial charge in [0.25, 0.3) is 5.91 Å². The summed E-state index contributed by atoms with van der Waals surface area (Å²) in [6.45, 7) is 1.30. The largest absolute Gasteiger partial charge is 0.497 e. The molecule has 4 aromatic rings. The summed E-state index contributed by atoms with van der Waals surface area (Å²) in [4.78, 5) is 19.9. The average Bonchev–Trinajstić information content (AvgIpc) is 3.13. The molecule has 1 amide bonds. The lowest BCUT2D eigenvalue weighted by Gasteiger charge is -2.15. The van der Waals surface area contributed by atoms with Gasteiger partial charge in [0.1, 0.15) is 5.75 Å². The molecule has 148 valence electrons. The summed E-state index contributed by atoms with van der Waals surface area (Å²) >= 11 is 0. The number of benzene rings is 3. The molecule has 4 heteroatoms. The van der Waals surface area contributed by atoms with E-state index >= 15 is 0 Å². The van der Waals surface area contributed by atoms with Gasteiger partial charge < -0.3 is 9.64 Å². The van der Waals surface area contributed by atoms with Crippen molar-refractivity contribution in [1.29, 1.82) is 0 Å². The van der Waals surface area contributed by atoms with Crippen molar-refractivity contribution in [3.8, 4) is 16.9 Å². The number of amides is 1. The van der Waals surface area contributed by atoms with Crippen LogP contribution in [-0.4, -0.2) is 29.4 Å². The predicted octanol–water partition coefficient (Wildman–Crippen LogP) is 5.11. The molecule has 0 saturated heterocycles. The Morgan fingerprint density at radius 2 is 1.77 bits per heavy atom. The first kappa shape index (κ1) is 18.4. The summed E-state index contributed by atoms with van der Waals surface area (Å²) in [6.07, 6.45) is 0.739. The van der Waals surface area contributed by atoms with E-state index in [9.17, 15) is 4.79 Å². The van der Waals surface area contributed by atoms with E-state index in [0.717, 1.165) is 51.0 Å². The van der Waals surface area contributed by atoms with Crippen molar-refractivity contribution in [3.63, 3.8) is 0 Å². The molecule has 0 saturated carbocycles. The second-order valence-electron chi connectivity index (χ2n) is 7.54. The molecular formula is C26H22N2O2. The number of nitrogens with zero attached hydrogens (tertiary/aromatic N) is 2. The van der Waals surface area contributed by atoms with Crippen LogP contribution in [-0.2, 0) is 13.0 Å². The fourth-order valence-electron chi connectivity index (χ4n) is 4.11. The Morgan fingerprint density at radius 3 is 2.60 bits per heavy atom. The molecule has 1 aliphatic rings. The summed E-state index contributed by atoms with van der Waals surface area (Å²) in [5.41, 5.74) is 5.90. The van der Waals surface area contributed by atoms with E-state index in [1.54, 1.807) is 7.11 Å². The van der Waals surface area contributed by atoms with Crippen molar-refractivity contribution in [2.75, 3.05) is 13.7 Å². The van der Waals surface area contributed by atoms with Gasteiger partial charge in [-0.05, 0) is 41.0 Å². The standard InChI is InChI=1S/C26H22N2O2/c1-30-22-13-10-18(11-14-22)23-7-4-6-20-17-28(26(29)25(20)23)16-15-21-12-9-19-5-2-3-8-24(19)27-21/h2-14H,15-17H2,1H3. The molecule has 4 nitrogen and oxygen atoms in total. The molecule has 0 spiro atoms. The zero-order valence-electron chi connectivity index (χ0n) is 16.8. The van der Waals surface area contributed by atoms with E-state index in [4.69, 9.17) is 9.72 Å². The number of methoxy groups -OCH3 is 1. The molecule has 0 unspecified atom stereocenters. The molecule has 0 N–H and O–H groups in total. The molecule has 5 rings (SSSR count). The third-order valence-corrected chi connectivity index (χ3v) is 5.71. The fraction of sp³-hybridized carbons (Fsp3) is 0.154. The topological polar surface area (TPSA) is 42.4 Å². The molecule has 0 radical (unpaired) electrons.